The maximum atomic E-state index is 12.6. The van der Waals surface area contributed by atoms with Gasteiger partial charge in [-0.1, -0.05) is 76.9 Å². The van der Waals surface area contributed by atoms with Crippen LogP contribution < -0.4 is 0 Å². The molecule has 0 heterocycles. The molecule has 4 nitrogen and oxygen atoms in total. The maximum Gasteiger partial charge on any atom is 0.385 e. The fourth-order valence-electron chi connectivity index (χ4n) is 3.65. The van der Waals surface area contributed by atoms with Gasteiger partial charge in [0.15, 0.2) is 5.78 Å². The van der Waals surface area contributed by atoms with Gasteiger partial charge in [-0.3, -0.25) is 4.57 Å². The zero-order valence-electron chi connectivity index (χ0n) is 19.5. The number of rotatable bonds is 19. The molecule has 0 aliphatic carbocycles. The van der Waals surface area contributed by atoms with Crippen molar-refractivity contribution in [3.8, 4) is 0 Å². The quantitative estimate of drug-likeness (QED) is 0.104. The number of nitrogens with zero attached hydrogens (tertiary/aromatic N) is 1. The third-order valence-electron chi connectivity index (χ3n) is 5.34. The van der Waals surface area contributed by atoms with E-state index in [0.29, 0.717) is 17.5 Å². The molecule has 0 spiro atoms. The Morgan fingerprint density at radius 2 is 1.36 bits per heavy atom. The molecule has 2 unspecified atom stereocenters. The lowest BCUT2D eigenvalue weighted by Gasteiger charge is -2.35. The van der Waals surface area contributed by atoms with Gasteiger partial charge in [-0.15, -0.1) is 0 Å². The molecule has 0 aliphatic heterocycles. The molecular formula is C23H49NO3P+. The van der Waals surface area contributed by atoms with Crippen LogP contribution in [-0.2, 0) is 9.09 Å². The summed E-state index contributed by atoms with van der Waals surface area (Å²) < 4.78 is 18.5. The molecule has 5 heteroatoms. The fraction of sp³-hybridized carbons (Fsp3) is 0.913. The van der Waals surface area contributed by atoms with E-state index in [2.05, 4.69) is 19.1 Å². The topological polar surface area (TPSA) is 46.5 Å². The van der Waals surface area contributed by atoms with Gasteiger partial charge in [0, 0.05) is 6.42 Å². The van der Waals surface area contributed by atoms with Gasteiger partial charge in [0.1, 0.15) is 0 Å². The minimum Gasteiger partial charge on any atom is -0.320 e. The first-order valence-corrected chi connectivity index (χ1v) is 13.3. The van der Waals surface area contributed by atoms with Crippen molar-refractivity contribution in [2.45, 2.75) is 110 Å². The van der Waals surface area contributed by atoms with Crippen LogP contribution in [0.5, 0.6) is 0 Å². The highest BCUT2D eigenvalue weighted by Crippen LogP contribution is 2.51. The van der Waals surface area contributed by atoms with Crippen LogP contribution in [0.15, 0.2) is 12.2 Å². The van der Waals surface area contributed by atoms with E-state index in [9.17, 15) is 9.46 Å². The number of allylic oxidation sites excluding steroid dienone is 2. The van der Waals surface area contributed by atoms with E-state index in [4.69, 9.17) is 4.52 Å². The van der Waals surface area contributed by atoms with E-state index in [1.807, 2.05) is 28.1 Å². The molecular weight excluding hydrogens is 369 g/mol. The first-order valence-electron chi connectivity index (χ1n) is 11.6. The summed E-state index contributed by atoms with van der Waals surface area (Å²) in [5.41, 5.74) is 0. The van der Waals surface area contributed by atoms with Crippen molar-refractivity contribution in [1.82, 2.24) is 0 Å². The Balaban J connectivity index is 3.62. The van der Waals surface area contributed by atoms with Crippen molar-refractivity contribution in [1.29, 1.82) is 0 Å². The molecule has 2 atom stereocenters. The molecule has 0 fully saturated rings. The standard InChI is InChI=1S/C23H48NO3P/c1-6-8-9-10-11-12-13-14-15-16-17-18-19-20-22-27-28(25,26)23(21-7-2)24(3,4)5/h6,8,23H,7,9-22H2,1-5H3/p+1. The average Bonchev–Trinajstić information content (AvgIpc) is 2.61. The molecule has 28 heavy (non-hydrogen) atoms. The predicted octanol–water partition coefficient (Wildman–Crippen LogP) is 7.28. The Morgan fingerprint density at radius 3 is 1.79 bits per heavy atom. The smallest absolute Gasteiger partial charge is 0.320 e. The predicted molar refractivity (Wildman–Crippen MR) is 123 cm³/mol. The molecule has 0 bridgehead atoms. The van der Waals surface area contributed by atoms with Gasteiger partial charge in [-0.25, -0.2) is 0 Å². The second kappa shape index (κ2) is 16.6. The molecule has 0 aliphatic rings. The Kier molecular flexibility index (Phi) is 16.5. The zero-order chi connectivity index (χ0) is 21.3. The summed E-state index contributed by atoms with van der Waals surface area (Å²) in [4.78, 5) is 10.4. The monoisotopic (exact) mass is 418 g/mol. The minimum atomic E-state index is -3.56. The molecule has 0 aromatic carbocycles. The summed E-state index contributed by atoms with van der Waals surface area (Å²) in [5.74, 6) is -0.333. The Hall–Kier alpha value is -0.150. The van der Waals surface area contributed by atoms with Crippen molar-refractivity contribution >= 4 is 7.60 Å². The van der Waals surface area contributed by atoms with E-state index in [-0.39, 0.29) is 5.78 Å². The number of hydrogen-bond acceptors (Lipinski definition) is 2. The summed E-state index contributed by atoms with van der Waals surface area (Å²) in [7, 11) is 2.35. The van der Waals surface area contributed by atoms with E-state index in [1.165, 1.54) is 64.2 Å². The normalized spacial score (nSPS) is 15.8. The van der Waals surface area contributed by atoms with Gasteiger partial charge < -0.3 is 13.9 Å². The summed E-state index contributed by atoms with van der Waals surface area (Å²) in [6.45, 7) is 4.54. The zero-order valence-corrected chi connectivity index (χ0v) is 20.4. The second-order valence-corrected chi connectivity index (χ2v) is 11.0. The number of unbranched alkanes of at least 4 members (excludes halogenated alkanes) is 11. The van der Waals surface area contributed by atoms with Crippen molar-refractivity contribution in [3.05, 3.63) is 12.2 Å². The van der Waals surface area contributed by atoms with Crippen molar-refractivity contribution in [2.75, 3.05) is 27.7 Å². The van der Waals surface area contributed by atoms with Crippen LogP contribution in [0.25, 0.3) is 0 Å². The third-order valence-corrected chi connectivity index (χ3v) is 7.60. The average molecular weight is 419 g/mol. The van der Waals surface area contributed by atoms with Crippen molar-refractivity contribution < 1.29 is 18.5 Å². The van der Waals surface area contributed by atoms with Crippen LogP contribution in [0.1, 0.15) is 104 Å². The van der Waals surface area contributed by atoms with Crippen molar-refractivity contribution in [3.63, 3.8) is 0 Å². The molecule has 0 rings (SSSR count). The van der Waals surface area contributed by atoms with Crippen molar-refractivity contribution in [2.24, 2.45) is 0 Å². The van der Waals surface area contributed by atoms with Gasteiger partial charge >= 0.3 is 7.60 Å². The second-order valence-electron chi connectivity index (χ2n) is 9.03. The fourth-order valence-corrected chi connectivity index (χ4v) is 5.67. The van der Waals surface area contributed by atoms with Gasteiger partial charge in [-0.05, 0) is 32.6 Å². The highest BCUT2D eigenvalue weighted by molar-refractivity contribution is 7.53. The highest BCUT2D eigenvalue weighted by atomic mass is 31.2. The van der Waals surface area contributed by atoms with E-state index in [0.717, 1.165) is 19.3 Å². The van der Waals surface area contributed by atoms with Gasteiger partial charge in [0.2, 0.25) is 0 Å². The Bertz CT molecular complexity index is 432. The SMILES string of the molecule is CC=CCCCCCCCCCCCCCOP(=O)(O)C(CCC)[N+](C)(C)C. The largest absolute Gasteiger partial charge is 0.385 e. The lowest BCUT2D eigenvalue weighted by atomic mass is 10.1. The Labute approximate surface area is 175 Å². The molecule has 0 saturated carbocycles. The van der Waals surface area contributed by atoms with Crippen LogP contribution in [0.3, 0.4) is 0 Å². The maximum absolute atomic E-state index is 12.6. The summed E-state index contributed by atoms with van der Waals surface area (Å²) in [6.07, 6.45) is 21.2. The van der Waals surface area contributed by atoms with Crippen LogP contribution in [-0.4, -0.2) is 42.9 Å². The highest BCUT2D eigenvalue weighted by Gasteiger charge is 2.41. The van der Waals surface area contributed by atoms with Crippen LogP contribution in [0.2, 0.25) is 0 Å². The number of quaternary nitrogens is 1. The first kappa shape index (κ1) is 27.8. The molecule has 0 aromatic heterocycles. The Morgan fingerprint density at radius 1 is 0.893 bits per heavy atom. The van der Waals surface area contributed by atoms with Crippen LogP contribution >= 0.6 is 7.60 Å². The van der Waals surface area contributed by atoms with Gasteiger partial charge in [-0.2, -0.15) is 0 Å². The van der Waals surface area contributed by atoms with Crippen LogP contribution in [0.4, 0.5) is 0 Å². The molecule has 0 amide bonds. The van der Waals surface area contributed by atoms with E-state index >= 15 is 0 Å². The van der Waals surface area contributed by atoms with E-state index < -0.39 is 7.60 Å². The first-order chi connectivity index (χ1) is 13.3. The van der Waals surface area contributed by atoms with E-state index in [1.54, 1.807) is 0 Å². The number of hydrogen-bond donors (Lipinski definition) is 1. The molecule has 1 N–H and O–H groups in total. The summed E-state index contributed by atoms with van der Waals surface area (Å²) >= 11 is 0. The van der Waals surface area contributed by atoms with Gasteiger partial charge in [0.25, 0.3) is 0 Å². The lowest BCUT2D eigenvalue weighted by molar-refractivity contribution is -0.883. The lowest BCUT2D eigenvalue weighted by Crippen LogP contribution is -2.45. The molecule has 0 aromatic rings. The summed E-state index contributed by atoms with van der Waals surface area (Å²) in [5, 5.41) is 0. The minimum absolute atomic E-state index is 0.333. The molecule has 168 valence electrons. The third kappa shape index (κ3) is 14.8. The summed E-state index contributed by atoms with van der Waals surface area (Å²) in [6, 6.07) is 0. The van der Waals surface area contributed by atoms with Crippen LogP contribution in [0, 0.1) is 0 Å². The molecule has 0 saturated heterocycles. The molecule has 0 radical (unpaired) electrons. The van der Waals surface area contributed by atoms with Gasteiger partial charge in [0.05, 0.1) is 27.7 Å².